The van der Waals surface area contributed by atoms with E-state index in [1.165, 1.54) is 0 Å². The van der Waals surface area contributed by atoms with Gasteiger partial charge in [0, 0.05) is 12.8 Å². The maximum Gasteiger partial charge on any atom is 0.472 e. The summed E-state index contributed by atoms with van der Waals surface area (Å²) >= 11 is 0. The summed E-state index contributed by atoms with van der Waals surface area (Å²) in [5.74, 6) is -2.48. The van der Waals surface area contributed by atoms with Crippen molar-refractivity contribution in [3.05, 3.63) is 48.6 Å². The molecular weight excluding hydrogens is 553 g/mol. The molecule has 0 saturated heterocycles. The van der Waals surface area contributed by atoms with Crippen molar-refractivity contribution in [2.24, 2.45) is 0 Å². The summed E-state index contributed by atoms with van der Waals surface area (Å²) in [5, 5.41) is 21.2. The Morgan fingerprint density at radius 2 is 1.39 bits per heavy atom. The highest BCUT2D eigenvalue weighted by Gasteiger charge is 2.28. The maximum atomic E-state index is 12.0. The van der Waals surface area contributed by atoms with Gasteiger partial charge in [0.2, 0.25) is 5.91 Å². The molecule has 4 N–H and O–H groups in total. The van der Waals surface area contributed by atoms with Crippen LogP contribution >= 0.6 is 7.82 Å². The second kappa shape index (κ2) is 25.2. The van der Waals surface area contributed by atoms with Gasteiger partial charge in [-0.3, -0.25) is 18.6 Å². The van der Waals surface area contributed by atoms with Crippen LogP contribution in [0.4, 0.5) is 0 Å². The number of rotatable bonds is 25. The molecule has 11 nitrogen and oxygen atoms in total. The Morgan fingerprint density at radius 1 is 0.805 bits per heavy atom. The molecule has 0 aromatic rings. The van der Waals surface area contributed by atoms with E-state index in [4.69, 9.17) is 9.84 Å². The number of hydrogen-bond acceptors (Lipinski definition) is 8. The average molecular weight is 602 g/mol. The van der Waals surface area contributed by atoms with E-state index in [0.717, 1.165) is 44.9 Å². The Balaban J connectivity index is 4.02. The molecule has 0 aliphatic heterocycles. The van der Waals surface area contributed by atoms with Crippen LogP contribution in [0.1, 0.15) is 84.5 Å². The Kier molecular flexibility index (Phi) is 23.6. The lowest BCUT2D eigenvalue weighted by atomic mass is 10.2. The van der Waals surface area contributed by atoms with Crippen molar-refractivity contribution >= 4 is 25.7 Å². The number of esters is 1. The van der Waals surface area contributed by atoms with Crippen molar-refractivity contribution in [1.29, 1.82) is 0 Å². The second-order valence-corrected chi connectivity index (χ2v) is 10.7. The third-order valence-corrected chi connectivity index (χ3v) is 6.33. The molecule has 0 fully saturated rings. The molecule has 0 spiro atoms. The first-order valence-electron chi connectivity index (χ1n) is 14.2. The van der Waals surface area contributed by atoms with Gasteiger partial charge in [-0.1, -0.05) is 68.9 Å². The van der Waals surface area contributed by atoms with Gasteiger partial charge in [0.05, 0.1) is 13.2 Å². The minimum atomic E-state index is -4.73. The SMILES string of the molecule is CC/C=C\C/C=C\C/C=C\C/C=C\CCCCC(=O)OCC(O)COP(=O)(O)OCC(NC(=O)CCCC)C(=O)O. The smallest absolute Gasteiger partial charge is 0.472 e. The number of carboxylic acid groups (broad SMARTS) is 1. The van der Waals surface area contributed by atoms with E-state index < -0.39 is 57.6 Å². The second-order valence-electron chi connectivity index (χ2n) is 9.21. The molecule has 0 bridgehead atoms. The number of allylic oxidation sites excluding steroid dienone is 8. The number of carboxylic acids is 1. The van der Waals surface area contributed by atoms with Gasteiger partial charge in [-0.05, 0) is 51.4 Å². The molecule has 0 saturated carbocycles. The molecule has 0 heterocycles. The summed E-state index contributed by atoms with van der Waals surface area (Å²) in [5.41, 5.74) is 0. The van der Waals surface area contributed by atoms with Crippen molar-refractivity contribution in [3.8, 4) is 0 Å². The minimum Gasteiger partial charge on any atom is -0.480 e. The monoisotopic (exact) mass is 601 g/mol. The molecule has 0 aliphatic carbocycles. The van der Waals surface area contributed by atoms with Crippen LogP contribution in [0.2, 0.25) is 0 Å². The first kappa shape index (κ1) is 38.4. The lowest BCUT2D eigenvalue weighted by molar-refractivity contribution is -0.147. The number of aliphatic hydroxyl groups excluding tert-OH is 1. The number of unbranched alkanes of at least 4 members (excludes halogenated alkanes) is 3. The predicted molar refractivity (Wildman–Crippen MR) is 157 cm³/mol. The lowest BCUT2D eigenvalue weighted by Gasteiger charge is -2.18. The summed E-state index contributed by atoms with van der Waals surface area (Å²) in [6.07, 6.45) is 23.2. The average Bonchev–Trinajstić information content (AvgIpc) is 2.93. The topological polar surface area (TPSA) is 169 Å². The van der Waals surface area contributed by atoms with Crippen molar-refractivity contribution in [3.63, 3.8) is 0 Å². The Labute approximate surface area is 244 Å². The number of amides is 1. The van der Waals surface area contributed by atoms with Crippen LogP contribution in [0.25, 0.3) is 0 Å². The first-order chi connectivity index (χ1) is 19.6. The number of phosphoric acid groups is 1. The highest BCUT2D eigenvalue weighted by Crippen LogP contribution is 2.43. The van der Waals surface area contributed by atoms with E-state index in [0.29, 0.717) is 12.8 Å². The van der Waals surface area contributed by atoms with E-state index >= 15 is 0 Å². The number of aliphatic carboxylic acids is 1. The maximum absolute atomic E-state index is 12.0. The molecule has 1 amide bonds. The van der Waals surface area contributed by atoms with Gasteiger partial charge in [0.15, 0.2) is 6.04 Å². The molecule has 12 heteroatoms. The molecule has 0 aromatic heterocycles. The molecular formula is C29H48NO10P. The predicted octanol–water partition coefficient (Wildman–Crippen LogP) is 5.15. The van der Waals surface area contributed by atoms with Gasteiger partial charge in [-0.25, -0.2) is 9.36 Å². The number of aliphatic hydroxyl groups is 1. The zero-order chi connectivity index (χ0) is 30.8. The van der Waals surface area contributed by atoms with Crippen molar-refractivity contribution in [2.75, 3.05) is 19.8 Å². The summed E-state index contributed by atoms with van der Waals surface area (Å²) in [6, 6.07) is -1.54. The van der Waals surface area contributed by atoms with Crippen molar-refractivity contribution in [2.45, 2.75) is 96.6 Å². The molecule has 3 unspecified atom stereocenters. The van der Waals surface area contributed by atoms with Crippen LogP contribution in [0.5, 0.6) is 0 Å². The fourth-order valence-corrected chi connectivity index (χ4v) is 3.88. The quantitative estimate of drug-likeness (QED) is 0.0475. The highest BCUT2D eigenvalue weighted by atomic mass is 31.2. The Morgan fingerprint density at radius 3 is 1.98 bits per heavy atom. The van der Waals surface area contributed by atoms with Crippen LogP contribution < -0.4 is 5.32 Å². The number of carbonyl (C=O) groups excluding carboxylic acids is 2. The van der Waals surface area contributed by atoms with Crippen molar-refractivity contribution in [1.82, 2.24) is 5.32 Å². The van der Waals surface area contributed by atoms with Gasteiger partial charge in [-0.2, -0.15) is 0 Å². The van der Waals surface area contributed by atoms with E-state index in [1.807, 2.05) is 6.92 Å². The third kappa shape index (κ3) is 24.9. The van der Waals surface area contributed by atoms with Crippen LogP contribution in [-0.2, 0) is 32.7 Å². The normalized spacial score (nSPS) is 15.0. The van der Waals surface area contributed by atoms with Crippen molar-refractivity contribution < 1.29 is 47.8 Å². The summed E-state index contributed by atoms with van der Waals surface area (Å²) in [4.78, 5) is 44.5. The van der Waals surface area contributed by atoms with Crippen LogP contribution in [-0.4, -0.2) is 64.9 Å². The summed E-state index contributed by atoms with van der Waals surface area (Å²) in [6.45, 7) is 2.04. The molecule has 0 aromatic carbocycles. The molecule has 0 rings (SSSR count). The van der Waals surface area contributed by atoms with Gasteiger partial charge < -0.3 is 25.2 Å². The zero-order valence-electron chi connectivity index (χ0n) is 24.3. The standard InChI is InChI=1S/C29H48NO10P/c1-3-5-7-8-9-10-11-12-13-14-15-16-17-18-19-21-28(33)38-22-25(31)23-39-41(36,37)40-24-26(29(34)35)30-27(32)20-6-4-2/h5,7,9-10,12-13,15-16,25-26,31H,3-4,6,8,11,14,17-24H2,1-2H3,(H,30,32)(H,34,35)(H,36,37)/b7-5-,10-9-,13-12-,16-15-. The Bertz CT molecular complexity index is 900. The number of phosphoric ester groups is 1. The van der Waals surface area contributed by atoms with Gasteiger partial charge in [0.1, 0.15) is 12.7 Å². The number of ether oxygens (including phenoxy) is 1. The molecule has 234 valence electrons. The fourth-order valence-electron chi connectivity index (χ4n) is 3.10. The number of nitrogens with one attached hydrogen (secondary N) is 1. The minimum absolute atomic E-state index is 0.115. The van der Waals surface area contributed by atoms with Crippen LogP contribution in [0.15, 0.2) is 48.6 Å². The largest absolute Gasteiger partial charge is 0.480 e. The molecule has 3 atom stereocenters. The molecule has 0 radical (unpaired) electrons. The molecule has 0 aliphatic rings. The summed E-state index contributed by atoms with van der Waals surface area (Å²) < 4.78 is 26.2. The number of hydrogen-bond donors (Lipinski definition) is 4. The van der Waals surface area contributed by atoms with Gasteiger partial charge in [0.25, 0.3) is 0 Å². The van der Waals surface area contributed by atoms with E-state index in [9.17, 15) is 28.9 Å². The fraction of sp³-hybridized carbons (Fsp3) is 0.621. The first-order valence-corrected chi connectivity index (χ1v) is 15.7. The van der Waals surface area contributed by atoms with Gasteiger partial charge >= 0.3 is 19.8 Å². The highest BCUT2D eigenvalue weighted by molar-refractivity contribution is 7.47. The zero-order valence-corrected chi connectivity index (χ0v) is 25.2. The van der Waals surface area contributed by atoms with Gasteiger partial charge in [-0.15, -0.1) is 0 Å². The lowest BCUT2D eigenvalue weighted by Crippen LogP contribution is -2.43. The van der Waals surface area contributed by atoms with E-state index in [-0.39, 0.29) is 12.8 Å². The third-order valence-electron chi connectivity index (χ3n) is 5.38. The molecule has 41 heavy (non-hydrogen) atoms. The van der Waals surface area contributed by atoms with E-state index in [1.54, 1.807) is 0 Å². The summed E-state index contributed by atoms with van der Waals surface area (Å²) in [7, 11) is -4.73. The Hall–Kier alpha value is -2.56. The number of carbonyl (C=O) groups is 3. The van der Waals surface area contributed by atoms with Crippen LogP contribution in [0.3, 0.4) is 0 Å². The van der Waals surface area contributed by atoms with E-state index in [2.05, 4.69) is 69.9 Å². The van der Waals surface area contributed by atoms with Crippen LogP contribution in [0, 0.1) is 0 Å².